The van der Waals surface area contributed by atoms with Crippen LogP contribution in [-0.4, -0.2) is 6.71 Å². The minimum Gasteiger partial charge on any atom is -0.207 e. The van der Waals surface area contributed by atoms with Gasteiger partial charge >= 0.3 is 0 Å². The molecule has 0 amide bonds. The first-order valence-corrected chi connectivity index (χ1v) is 7.01. The molecule has 3 rings (SSSR count). The van der Waals surface area contributed by atoms with Gasteiger partial charge in [-0.25, -0.2) is 4.39 Å². The Kier molecular flexibility index (Phi) is 3.82. The molecule has 2 aromatic rings. The molecule has 0 radical (unpaired) electrons. The van der Waals surface area contributed by atoms with Crippen LogP contribution in [0.5, 0.6) is 0 Å². The fraction of sp³-hybridized carbons (Fsp3) is 0.111. The first kappa shape index (κ1) is 12.9. The van der Waals surface area contributed by atoms with Crippen molar-refractivity contribution < 1.29 is 4.39 Å². The zero-order valence-corrected chi connectivity index (χ0v) is 11.3. The maximum absolute atomic E-state index is 13.2. The first-order valence-electron chi connectivity index (χ1n) is 7.01. The van der Waals surface area contributed by atoms with Crippen molar-refractivity contribution in [2.45, 2.75) is 12.8 Å². The molecule has 2 aromatic carbocycles. The van der Waals surface area contributed by atoms with Crippen LogP contribution in [-0.2, 0) is 0 Å². The van der Waals surface area contributed by atoms with Gasteiger partial charge in [-0.2, -0.15) is 0 Å². The van der Waals surface area contributed by atoms with Crippen molar-refractivity contribution in [3.8, 4) is 0 Å². The number of hydrogen-bond acceptors (Lipinski definition) is 0. The molecule has 0 saturated heterocycles. The Morgan fingerprint density at radius 2 is 1.50 bits per heavy atom. The second-order valence-electron chi connectivity index (χ2n) is 5.08. The van der Waals surface area contributed by atoms with Crippen molar-refractivity contribution in [2.75, 3.05) is 0 Å². The molecule has 1 aliphatic rings. The fourth-order valence-corrected chi connectivity index (χ4v) is 2.73. The summed E-state index contributed by atoms with van der Waals surface area (Å²) in [6, 6.07) is 17.3. The molecule has 0 fully saturated rings. The van der Waals surface area contributed by atoms with Crippen molar-refractivity contribution >= 4 is 17.6 Å². The van der Waals surface area contributed by atoms with Crippen LogP contribution in [0.2, 0.25) is 0 Å². The third kappa shape index (κ3) is 2.74. The monoisotopic (exact) mass is 262 g/mol. The number of halogens is 1. The largest absolute Gasteiger partial charge is 0.240 e. The highest BCUT2D eigenvalue weighted by atomic mass is 19.1. The molecule has 0 spiro atoms. The maximum atomic E-state index is 13.2. The molecule has 0 nitrogen and oxygen atoms in total. The lowest BCUT2D eigenvalue weighted by molar-refractivity contribution is 0.628. The number of rotatable bonds is 3. The second kappa shape index (κ2) is 5.91. The van der Waals surface area contributed by atoms with Crippen molar-refractivity contribution in [1.82, 2.24) is 0 Å². The van der Waals surface area contributed by atoms with Crippen LogP contribution >= 0.6 is 0 Å². The van der Waals surface area contributed by atoms with E-state index < -0.39 is 0 Å². The fourth-order valence-electron chi connectivity index (χ4n) is 2.73. The van der Waals surface area contributed by atoms with Gasteiger partial charge in [-0.15, -0.1) is 0 Å². The Morgan fingerprint density at radius 1 is 0.800 bits per heavy atom. The van der Waals surface area contributed by atoms with Crippen molar-refractivity contribution in [3.05, 3.63) is 84.1 Å². The average Bonchev–Trinajstić information content (AvgIpc) is 2.52. The van der Waals surface area contributed by atoms with Gasteiger partial charge in [-0.3, -0.25) is 0 Å². The third-order valence-corrected chi connectivity index (χ3v) is 3.69. The van der Waals surface area contributed by atoms with Crippen LogP contribution in [0.25, 0.3) is 0 Å². The van der Waals surface area contributed by atoms with Crippen LogP contribution in [0, 0.1) is 5.82 Å². The van der Waals surface area contributed by atoms with Crippen molar-refractivity contribution in [3.63, 3.8) is 0 Å². The van der Waals surface area contributed by atoms with Gasteiger partial charge in [0.2, 0.25) is 6.71 Å². The van der Waals surface area contributed by atoms with Crippen LogP contribution in [0.4, 0.5) is 4.39 Å². The molecule has 0 aromatic heterocycles. The summed E-state index contributed by atoms with van der Waals surface area (Å²) in [6.45, 7) is 0.188. The minimum atomic E-state index is -0.186. The quantitative estimate of drug-likeness (QED) is 0.745. The highest BCUT2D eigenvalue weighted by molar-refractivity contribution is 6.91. The summed E-state index contributed by atoms with van der Waals surface area (Å²) >= 11 is 0. The lowest BCUT2D eigenvalue weighted by atomic mass is 9.36. The summed E-state index contributed by atoms with van der Waals surface area (Å²) < 4.78 is 13.2. The third-order valence-electron chi connectivity index (χ3n) is 3.69. The molecule has 0 aliphatic heterocycles. The predicted molar refractivity (Wildman–Crippen MR) is 84.3 cm³/mol. The van der Waals surface area contributed by atoms with E-state index in [0.29, 0.717) is 0 Å². The molecular weight excluding hydrogens is 246 g/mol. The molecule has 0 unspecified atom stereocenters. The molecular formula is C18H16BF. The summed E-state index contributed by atoms with van der Waals surface area (Å²) in [6.07, 6.45) is 8.89. The molecule has 0 heterocycles. The zero-order valence-electron chi connectivity index (χ0n) is 11.3. The van der Waals surface area contributed by atoms with Gasteiger partial charge in [0.25, 0.3) is 0 Å². The molecule has 1 aliphatic carbocycles. The van der Waals surface area contributed by atoms with E-state index in [-0.39, 0.29) is 12.5 Å². The van der Waals surface area contributed by atoms with E-state index in [2.05, 4.69) is 42.5 Å². The van der Waals surface area contributed by atoms with Gasteiger partial charge in [0.1, 0.15) is 5.82 Å². The van der Waals surface area contributed by atoms with Gasteiger partial charge in [-0.1, -0.05) is 77.1 Å². The Morgan fingerprint density at radius 3 is 2.15 bits per heavy atom. The summed E-state index contributed by atoms with van der Waals surface area (Å²) in [5.74, 6) is -0.186. The van der Waals surface area contributed by atoms with Gasteiger partial charge in [-0.05, 0) is 25.0 Å². The summed E-state index contributed by atoms with van der Waals surface area (Å²) in [5.41, 5.74) is 3.68. The molecule has 98 valence electrons. The van der Waals surface area contributed by atoms with Crippen LogP contribution in [0.1, 0.15) is 12.8 Å². The van der Waals surface area contributed by atoms with Crippen molar-refractivity contribution in [1.29, 1.82) is 0 Å². The lowest BCUT2D eigenvalue weighted by Gasteiger charge is -2.18. The van der Waals surface area contributed by atoms with Crippen LogP contribution < -0.4 is 10.9 Å². The van der Waals surface area contributed by atoms with E-state index in [1.165, 1.54) is 10.9 Å². The lowest BCUT2D eigenvalue weighted by Crippen LogP contribution is -2.44. The van der Waals surface area contributed by atoms with E-state index in [9.17, 15) is 4.39 Å². The first-order chi connectivity index (χ1) is 9.84. The number of hydrogen-bond donors (Lipinski definition) is 0. The second-order valence-corrected chi connectivity index (χ2v) is 5.08. The summed E-state index contributed by atoms with van der Waals surface area (Å²) in [5, 5.41) is 0. The van der Waals surface area contributed by atoms with E-state index in [4.69, 9.17) is 0 Å². The van der Waals surface area contributed by atoms with E-state index in [1.807, 2.05) is 18.2 Å². The van der Waals surface area contributed by atoms with Crippen molar-refractivity contribution in [2.24, 2.45) is 0 Å². The summed E-state index contributed by atoms with van der Waals surface area (Å²) in [4.78, 5) is 0. The molecule has 0 atom stereocenters. The molecule has 0 bridgehead atoms. The normalized spacial score (nSPS) is 13.9. The zero-order chi connectivity index (χ0) is 13.8. The highest BCUT2D eigenvalue weighted by Crippen LogP contribution is 2.13. The minimum absolute atomic E-state index is 0.186. The van der Waals surface area contributed by atoms with Crippen LogP contribution in [0.3, 0.4) is 0 Å². The molecule has 2 heteroatoms. The van der Waals surface area contributed by atoms with Gasteiger partial charge < -0.3 is 0 Å². The topological polar surface area (TPSA) is 0 Å². The van der Waals surface area contributed by atoms with E-state index >= 15 is 0 Å². The van der Waals surface area contributed by atoms with Gasteiger partial charge in [0, 0.05) is 0 Å². The van der Waals surface area contributed by atoms with Gasteiger partial charge in [0.05, 0.1) is 0 Å². The number of benzene rings is 2. The Bertz CT molecular complexity index is 626. The Hall–Kier alpha value is -2.09. The van der Waals surface area contributed by atoms with Gasteiger partial charge in [0.15, 0.2) is 0 Å². The molecule has 0 N–H and O–H groups in total. The Labute approximate surface area is 119 Å². The maximum Gasteiger partial charge on any atom is 0.240 e. The molecule has 20 heavy (non-hydrogen) atoms. The van der Waals surface area contributed by atoms with E-state index in [1.54, 1.807) is 12.1 Å². The Balaban J connectivity index is 2.06. The summed E-state index contributed by atoms with van der Waals surface area (Å²) in [7, 11) is 0. The standard InChI is InChI=1S/C18H16BF/c20-18-13-11-17(12-14-18)19(15-7-3-1-4-8-15)16-9-5-2-6-10-16/h1,3-5,7-14H,2,6H2. The van der Waals surface area contributed by atoms with Crippen LogP contribution in [0.15, 0.2) is 78.3 Å². The SMILES string of the molecule is Fc1ccc(B(C2=CCCC=C2)c2ccccc2)cc1. The predicted octanol–water partition coefficient (Wildman–Crippen LogP) is 3.25. The molecule has 0 saturated carbocycles. The highest BCUT2D eigenvalue weighted by Gasteiger charge is 2.22. The number of allylic oxidation sites excluding steroid dienone is 4. The smallest absolute Gasteiger partial charge is 0.207 e. The van der Waals surface area contributed by atoms with E-state index in [0.717, 1.165) is 18.3 Å². The average molecular weight is 262 g/mol.